The summed E-state index contributed by atoms with van der Waals surface area (Å²) in [5.74, 6) is 0.0902. The summed E-state index contributed by atoms with van der Waals surface area (Å²) in [5, 5.41) is 0.608. The second kappa shape index (κ2) is 9.53. The predicted molar refractivity (Wildman–Crippen MR) is 114 cm³/mol. The van der Waals surface area contributed by atoms with E-state index in [0.717, 1.165) is 6.42 Å². The molecule has 2 heterocycles. The number of aryl methyl sites for hydroxylation is 2. The smallest absolute Gasteiger partial charge is 0.348 e. The molecule has 3 aromatic rings. The highest BCUT2D eigenvalue weighted by molar-refractivity contribution is 7.20. The molecule has 8 nitrogen and oxygen atoms in total. The quantitative estimate of drug-likeness (QED) is 0.542. The van der Waals surface area contributed by atoms with Crippen LogP contribution in [0.5, 0.6) is 5.75 Å². The van der Waals surface area contributed by atoms with E-state index in [0.29, 0.717) is 26.4 Å². The third-order valence-electron chi connectivity index (χ3n) is 4.38. The van der Waals surface area contributed by atoms with Crippen molar-refractivity contribution in [1.29, 1.82) is 0 Å². The van der Waals surface area contributed by atoms with E-state index < -0.39 is 11.9 Å². The maximum absolute atomic E-state index is 12.1. The van der Waals surface area contributed by atoms with Gasteiger partial charge < -0.3 is 19.9 Å². The molecule has 3 rings (SSSR count). The van der Waals surface area contributed by atoms with Crippen LogP contribution in [0.25, 0.3) is 10.2 Å². The lowest BCUT2D eigenvalue weighted by Crippen LogP contribution is -2.15. The fourth-order valence-corrected chi connectivity index (χ4v) is 3.92. The molecule has 0 saturated heterocycles. The maximum atomic E-state index is 12.1. The van der Waals surface area contributed by atoms with Crippen LogP contribution in [0.2, 0.25) is 0 Å². The van der Waals surface area contributed by atoms with Crippen molar-refractivity contribution in [3.8, 4) is 5.75 Å². The van der Waals surface area contributed by atoms with E-state index >= 15 is 0 Å². The summed E-state index contributed by atoms with van der Waals surface area (Å²) in [6.07, 6.45) is 0.931. The summed E-state index contributed by atoms with van der Waals surface area (Å²) in [5.41, 5.74) is 7.91. The SMILES string of the molecule is CCOC(=O)c1sc2nc(COC(=O)COc3ccc(CC)cc3)nc(N)c2c1C. The predicted octanol–water partition coefficient (Wildman–Crippen LogP) is 3.44. The first-order chi connectivity index (χ1) is 14.4. The number of fused-ring (bicyclic) bond motifs is 1. The molecule has 0 aliphatic heterocycles. The number of rotatable bonds is 8. The molecule has 0 spiro atoms. The first kappa shape index (κ1) is 21.5. The average molecular weight is 429 g/mol. The van der Waals surface area contributed by atoms with Crippen LogP contribution in [-0.4, -0.2) is 35.1 Å². The fraction of sp³-hybridized carbons (Fsp3) is 0.333. The molecular weight excluding hydrogens is 406 g/mol. The molecule has 0 aliphatic carbocycles. The summed E-state index contributed by atoms with van der Waals surface area (Å²) in [4.78, 5) is 33.6. The Morgan fingerprint density at radius 2 is 1.83 bits per heavy atom. The zero-order valence-electron chi connectivity index (χ0n) is 17.1. The Balaban J connectivity index is 1.63. The van der Waals surface area contributed by atoms with Crippen LogP contribution in [0, 0.1) is 6.92 Å². The van der Waals surface area contributed by atoms with E-state index in [1.165, 1.54) is 16.9 Å². The van der Waals surface area contributed by atoms with Crippen LogP contribution in [0.3, 0.4) is 0 Å². The zero-order chi connectivity index (χ0) is 21.7. The Morgan fingerprint density at radius 1 is 1.10 bits per heavy atom. The summed E-state index contributed by atoms with van der Waals surface area (Å²) in [6.45, 7) is 5.48. The van der Waals surface area contributed by atoms with Gasteiger partial charge in [-0.05, 0) is 43.5 Å². The third-order valence-corrected chi connectivity index (χ3v) is 5.54. The lowest BCUT2D eigenvalue weighted by Gasteiger charge is -2.08. The van der Waals surface area contributed by atoms with Gasteiger partial charge in [-0.3, -0.25) is 0 Å². The molecule has 0 unspecified atom stereocenters. The Hall–Kier alpha value is -3.20. The van der Waals surface area contributed by atoms with Crippen LogP contribution in [-0.2, 0) is 27.3 Å². The number of benzene rings is 1. The van der Waals surface area contributed by atoms with Crippen molar-refractivity contribution in [1.82, 2.24) is 9.97 Å². The standard InChI is InChI=1S/C21H23N3O5S/c1-4-13-6-8-14(9-7-13)28-11-16(25)29-10-15-23-19(22)17-12(3)18(21(26)27-5-2)30-20(17)24-15/h6-9H,4-5,10-11H2,1-3H3,(H2,22,23,24). The molecule has 0 fully saturated rings. The van der Waals surface area contributed by atoms with Gasteiger partial charge in [0.15, 0.2) is 19.0 Å². The second-order valence-electron chi connectivity index (χ2n) is 6.43. The number of anilines is 1. The zero-order valence-corrected chi connectivity index (χ0v) is 17.9. The topological polar surface area (TPSA) is 114 Å². The number of carbonyl (C=O) groups excluding carboxylic acids is 2. The molecule has 0 amide bonds. The second-order valence-corrected chi connectivity index (χ2v) is 7.43. The highest BCUT2D eigenvalue weighted by Gasteiger charge is 2.20. The lowest BCUT2D eigenvalue weighted by molar-refractivity contribution is -0.147. The van der Waals surface area contributed by atoms with Crippen molar-refractivity contribution >= 4 is 39.3 Å². The van der Waals surface area contributed by atoms with Gasteiger partial charge in [0.25, 0.3) is 0 Å². The van der Waals surface area contributed by atoms with E-state index in [1.807, 2.05) is 24.3 Å². The van der Waals surface area contributed by atoms with Gasteiger partial charge >= 0.3 is 11.9 Å². The fourth-order valence-electron chi connectivity index (χ4n) is 2.82. The van der Waals surface area contributed by atoms with E-state index in [4.69, 9.17) is 19.9 Å². The number of hydrogen-bond donors (Lipinski definition) is 1. The molecular formula is C21H23N3O5S. The van der Waals surface area contributed by atoms with Crippen molar-refractivity contribution in [2.45, 2.75) is 33.8 Å². The summed E-state index contributed by atoms with van der Waals surface area (Å²) in [7, 11) is 0. The van der Waals surface area contributed by atoms with Crippen LogP contribution in [0.4, 0.5) is 5.82 Å². The Kier molecular flexibility index (Phi) is 6.83. The van der Waals surface area contributed by atoms with E-state index in [1.54, 1.807) is 13.8 Å². The number of nitrogens with zero attached hydrogens (tertiary/aromatic N) is 2. The molecule has 0 bridgehead atoms. The number of nitrogens with two attached hydrogens (primary N) is 1. The molecule has 2 aromatic heterocycles. The van der Waals surface area contributed by atoms with Gasteiger partial charge in [0.1, 0.15) is 21.3 Å². The molecule has 0 radical (unpaired) electrons. The Labute approximate surface area is 178 Å². The van der Waals surface area contributed by atoms with Crippen molar-refractivity contribution in [3.05, 3.63) is 46.1 Å². The molecule has 0 atom stereocenters. The van der Waals surface area contributed by atoms with Crippen molar-refractivity contribution in [2.24, 2.45) is 0 Å². The number of thiophene rings is 1. The normalized spacial score (nSPS) is 10.8. The number of esters is 2. The van der Waals surface area contributed by atoms with E-state index in [-0.39, 0.29) is 31.5 Å². The van der Waals surface area contributed by atoms with E-state index in [2.05, 4.69) is 16.9 Å². The molecule has 1 aromatic carbocycles. The Morgan fingerprint density at radius 3 is 2.50 bits per heavy atom. The van der Waals surface area contributed by atoms with Crippen LogP contribution < -0.4 is 10.5 Å². The molecule has 30 heavy (non-hydrogen) atoms. The monoisotopic (exact) mass is 429 g/mol. The highest BCUT2D eigenvalue weighted by Crippen LogP contribution is 2.33. The average Bonchev–Trinajstić information content (AvgIpc) is 3.08. The number of hydrogen-bond acceptors (Lipinski definition) is 9. The molecule has 158 valence electrons. The van der Waals surface area contributed by atoms with Gasteiger partial charge in [0, 0.05) is 0 Å². The van der Waals surface area contributed by atoms with Gasteiger partial charge in [0.2, 0.25) is 0 Å². The molecule has 0 saturated carbocycles. The minimum atomic E-state index is -0.550. The summed E-state index contributed by atoms with van der Waals surface area (Å²) >= 11 is 1.17. The largest absolute Gasteiger partial charge is 0.482 e. The van der Waals surface area contributed by atoms with Crippen LogP contribution in [0.15, 0.2) is 24.3 Å². The number of aromatic nitrogens is 2. The summed E-state index contributed by atoms with van der Waals surface area (Å²) in [6, 6.07) is 7.51. The van der Waals surface area contributed by atoms with Crippen LogP contribution >= 0.6 is 11.3 Å². The summed E-state index contributed by atoms with van der Waals surface area (Å²) < 4.78 is 15.7. The van der Waals surface area contributed by atoms with E-state index in [9.17, 15) is 9.59 Å². The van der Waals surface area contributed by atoms with Crippen molar-refractivity contribution in [3.63, 3.8) is 0 Å². The number of carbonyl (C=O) groups is 2. The van der Waals surface area contributed by atoms with Gasteiger partial charge in [-0.2, -0.15) is 0 Å². The van der Waals surface area contributed by atoms with Gasteiger partial charge in [-0.25, -0.2) is 19.6 Å². The minimum Gasteiger partial charge on any atom is -0.482 e. The highest BCUT2D eigenvalue weighted by atomic mass is 32.1. The molecule has 0 aliphatic rings. The van der Waals surface area contributed by atoms with Crippen molar-refractivity contribution in [2.75, 3.05) is 18.9 Å². The number of nitrogen functional groups attached to an aromatic ring is 1. The maximum Gasteiger partial charge on any atom is 0.348 e. The van der Waals surface area contributed by atoms with Gasteiger partial charge in [0.05, 0.1) is 12.0 Å². The first-order valence-electron chi connectivity index (χ1n) is 9.52. The lowest BCUT2D eigenvalue weighted by atomic mass is 10.2. The minimum absolute atomic E-state index is 0.150. The molecule has 9 heteroatoms. The molecule has 2 N–H and O–H groups in total. The van der Waals surface area contributed by atoms with Crippen molar-refractivity contribution < 1.29 is 23.8 Å². The van der Waals surface area contributed by atoms with Crippen LogP contribution in [0.1, 0.15) is 40.5 Å². The third kappa shape index (κ3) is 4.85. The van der Waals surface area contributed by atoms with Gasteiger partial charge in [-0.1, -0.05) is 19.1 Å². The first-order valence-corrected chi connectivity index (χ1v) is 10.3. The van der Waals surface area contributed by atoms with Gasteiger partial charge in [-0.15, -0.1) is 11.3 Å². The number of ether oxygens (including phenoxy) is 3. The Bertz CT molecular complexity index is 1060.